The molecule has 1 amide bonds. The van der Waals surface area contributed by atoms with E-state index in [0.717, 1.165) is 16.8 Å². The fraction of sp³-hybridized carbons (Fsp3) is 0.280. The van der Waals surface area contributed by atoms with Gasteiger partial charge in [0.1, 0.15) is 23.5 Å². The van der Waals surface area contributed by atoms with Crippen molar-refractivity contribution in [2.75, 3.05) is 31.6 Å². The normalized spacial score (nSPS) is 16.4. The summed E-state index contributed by atoms with van der Waals surface area (Å²) in [5.74, 6) is -0.581. The summed E-state index contributed by atoms with van der Waals surface area (Å²) in [6.07, 6.45) is -0.255. The van der Waals surface area contributed by atoms with Gasteiger partial charge in [-0.1, -0.05) is 12.1 Å². The van der Waals surface area contributed by atoms with Gasteiger partial charge in [0.05, 0.1) is 24.8 Å². The zero-order chi connectivity index (χ0) is 23.5. The number of hydrogen-bond acceptors (Lipinski definition) is 4. The van der Waals surface area contributed by atoms with Crippen LogP contribution in [0.25, 0.3) is 5.69 Å². The van der Waals surface area contributed by atoms with Gasteiger partial charge in [-0.25, -0.2) is 8.78 Å². The Balaban J connectivity index is 1.52. The van der Waals surface area contributed by atoms with Crippen LogP contribution in [0.3, 0.4) is 0 Å². The summed E-state index contributed by atoms with van der Waals surface area (Å²) in [4.78, 5) is 14.9. The smallest absolute Gasteiger partial charge is 0.239 e. The lowest BCUT2D eigenvalue weighted by Gasteiger charge is -2.32. The number of amides is 1. The molecule has 0 saturated carbocycles. The summed E-state index contributed by atoms with van der Waals surface area (Å²) >= 11 is 0. The fourth-order valence-corrected chi connectivity index (χ4v) is 4.07. The van der Waals surface area contributed by atoms with Gasteiger partial charge in [0.2, 0.25) is 5.91 Å². The van der Waals surface area contributed by atoms with Crippen molar-refractivity contribution in [2.24, 2.45) is 0 Å². The van der Waals surface area contributed by atoms with Gasteiger partial charge in [0, 0.05) is 24.5 Å². The van der Waals surface area contributed by atoms with E-state index in [1.165, 1.54) is 24.3 Å². The number of nitrogens with one attached hydrogen (secondary N) is 1. The molecule has 0 aliphatic carbocycles. The third-order valence-electron chi connectivity index (χ3n) is 5.93. The van der Waals surface area contributed by atoms with E-state index in [4.69, 9.17) is 4.74 Å². The molecule has 6 nitrogen and oxygen atoms in total. The van der Waals surface area contributed by atoms with Crippen LogP contribution < -0.4 is 5.32 Å². The number of carbonyl (C=O) groups is 1. The summed E-state index contributed by atoms with van der Waals surface area (Å²) in [6.45, 7) is 5.29. The van der Waals surface area contributed by atoms with Gasteiger partial charge in [-0.2, -0.15) is 5.26 Å². The first kappa shape index (κ1) is 22.6. The predicted octanol–water partition coefficient (Wildman–Crippen LogP) is 4.26. The van der Waals surface area contributed by atoms with Gasteiger partial charge in [0.15, 0.2) is 0 Å². The molecular weight excluding hydrogens is 426 g/mol. The van der Waals surface area contributed by atoms with Crippen LogP contribution >= 0.6 is 0 Å². The monoisotopic (exact) mass is 450 g/mol. The van der Waals surface area contributed by atoms with E-state index < -0.39 is 0 Å². The maximum Gasteiger partial charge on any atom is 0.239 e. The van der Waals surface area contributed by atoms with E-state index >= 15 is 0 Å². The van der Waals surface area contributed by atoms with Gasteiger partial charge in [-0.3, -0.25) is 14.3 Å². The van der Waals surface area contributed by atoms with E-state index in [0.29, 0.717) is 36.8 Å². The largest absolute Gasteiger partial charge is 0.371 e. The second-order valence-electron chi connectivity index (χ2n) is 8.05. The molecule has 1 aliphatic heterocycles. The van der Waals surface area contributed by atoms with Gasteiger partial charge < -0.3 is 10.1 Å². The quantitative estimate of drug-likeness (QED) is 0.631. The van der Waals surface area contributed by atoms with E-state index in [-0.39, 0.29) is 30.2 Å². The molecule has 1 aliphatic rings. The highest BCUT2D eigenvalue weighted by molar-refractivity contribution is 5.93. The molecular formula is C25H24F2N4O2. The van der Waals surface area contributed by atoms with Crippen LogP contribution in [0, 0.1) is 36.8 Å². The Kier molecular flexibility index (Phi) is 6.54. The molecule has 1 N–H and O–H groups in total. The number of hydrogen-bond donors (Lipinski definition) is 1. The zero-order valence-corrected chi connectivity index (χ0v) is 18.4. The summed E-state index contributed by atoms with van der Waals surface area (Å²) in [5, 5.41) is 12.6. The number of benzene rings is 2. The first-order valence-corrected chi connectivity index (χ1v) is 10.6. The van der Waals surface area contributed by atoms with Crippen LogP contribution in [0.1, 0.15) is 28.5 Å². The highest BCUT2D eigenvalue weighted by Gasteiger charge is 2.25. The molecule has 1 unspecified atom stereocenters. The van der Waals surface area contributed by atoms with Gasteiger partial charge in [-0.05, 0) is 61.4 Å². The Bertz CT molecular complexity index is 1200. The minimum absolute atomic E-state index is 0.110. The summed E-state index contributed by atoms with van der Waals surface area (Å²) in [5.41, 5.74) is 3.41. The number of rotatable bonds is 5. The Morgan fingerprint density at radius 1 is 1.12 bits per heavy atom. The molecule has 33 heavy (non-hydrogen) atoms. The second kappa shape index (κ2) is 9.53. The number of nitriles is 1. The molecule has 170 valence electrons. The topological polar surface area (TPSA) is 70.3 Å². The van der Waals surface area contributed by atoms with E-state index in [2.05, 4.69) is 11.4 Å². The molecule has 1 atom stereocenters. The SMILES string of the molecule is Cc1c(C#N)c(NC(=O)CN2CCOC(c3ccc(F)cc3)C2)n(-c2ccc(F)cc2)c1C. The molecule has 8 heteroatoms. The average molecular weight is 450 g/mol. The number of carbonyl (C=O) groups excluding carboxylic acids is 1. The number of halogens is 2. The number of aromatic nitrogens is 1. The molecule has 0 bridgehead atoms. The average Bonchev–Trinajstić information content (AvgIpc) is 3.04. The van der Waals surface area contributed by atoms with Crippen LogP contribution in [0.4, 0.5) is 14.6 Å². The highest BCUT2D eigenvalue weighted by atomic mass is 19.1. The maximum absolute atomic E-state index is 13.4. The van der Waals surface area contributed by atoms with Crippen LogP contribution in [-0.4, -0.2) is 41.6 Å². The van der Waals surface area contributed by atoms with Gasteiger partial charge in [0.25, 0.3) is 0 Å². The lowest BCUT2D eigenvalue weighted by atomic mass is 10.1. The number of nitrogens with zero attached hydrogens (tertiary/aromatic N) is 3. The third kappa shape index (κ3) is 4.80. The first-order valence-electron chi connectivity index (χ1n) is 10.6. The van der Waals surface area contributed by atoms with Crippen molar-refractivity contribution in [1.82, 2.24) is 9.47 Å². The summed E-state index contributed by atoms with van der Waals surface area (Å²) < 4.78 is 34.2. The Labute approximate surface area is 191 Å². The van der Waals surface area contributed by atoms with Gasteiger partial charge >= 0.3 is 0 Å². The van der Waals surface area contributed by atoms with Gasteiger partial charge in [-0.15, -0.1) is 0 Å². The van der Waals surface area contributed by atoms with Crippen LogP contribution in [-0.2, 0) is 9.53 Å². The molecule has 0 radical (unpaired) electrons. The molecule has 2 aromatic carbocycles. The number of ether oxygens (including phenoxy) is 1. The van der Waals surface area contributed by atoms with Crippen molar-refractivity contribution in [1.29, 1.82) is 5.26 Å². The molecule has 1 fully saturated rings. The van der Waals surface area contributed by atoms with E-state index in [1.807, 2.05) is 18.7 Å². The van der Waals surface area contributed by atoms with Crippen molar-refractivity contribution < 1.29 is 18.3 Å². The molecule has 3 aromatic rings. The first-order chi connectivity index (χ1) is 15.9. The van der Waals surface area contributed by atoms with Crippen molar-refractivity contribution in [3.8, 4) is 11.8 Å². The fourth-order valence-electron chi connectivity index (χ4n) is 4.07. The Morgan fingerprint density at radius 3 is 2.39 bits per heavy atom. The summed E-state index contributed by atoms with van der Waals surface area (Å²) in [6, 6.07) is 14.2. The highest BCUT2D eigenvalue weighted by Crippen LogP contribution is 2.30. The van der Waals surface area contributed by atoms with Crippen molar-refractivity contribution in [3.63, 3.8) is 0 Å². The minimum atomic E-state index is -0.366. The Morgan fingerprint density at radius 2 is 1.76 bits per heavy atom. The lowest BCUT2D eigenvalue weighted by Crippen LogP contribution is -2.42. The molecule has 4 rings (SSSR count). The molecule has 2 heterocycles. The van der Waals surface area contributed by atoms with Crippen molar-refractivity contribution >= 4 is 11.7 Å². The van der Waals surface area contributed by atoms with Crippen LogP contribution in [0.2, 0.25) is 0 Å². The third-order valence-corrected chi connectivity index (χ3v) is 5.93. The van der Waals surface area contributed by atoms with Crippen molar-refractivity contribution in [2.45, 2.75) is 20.0 Å². The standard InChI is InChI=1S/C25H24F2N4O2/c1-16-17(2)31(21-9-7-20(27)8-10-21)25(22(16)13-28)29-24(32)15-30-11-12-33-23(14-30)18-3-5-19(26)6-4-18/h3-10,23H,11-12,14-15H2,1-2H3,(H,29,32). The summed E-state index contributed by atoms with van der Waals surface area (Å²) in [7, 11) is 0. The van der Waals surface area contributed by atoms with E-state index in [9.17, 15) is 18.8 Å². The van der Waals surface area contributed by atoms with E-state index in [1.54, 1.807) is 28.8 Å². The lowest BCUT2D eigenvalue weighted by molar-refractivity contribution is -0.119. The number of anilines is 1. The molecule has 0 spiro atoms. The second-order valence-corrected chi connectivity index (χ2v) is 8.05. The Hall–Kier alpha value is -3.54. The molecule has 1 saturated heterocycles. The minimum Gasteiger partial charge on any atom is -0.371 e. The van der Waals surface area contributed by atoms with Crippen molar-refractivity contribution in [3.05, 3.63) is 82.5 Å². The predicted molar refractivity (Wildman–Crippen MR) is 120 cm³/mol. The van der Waals surface area contributed by atoms with Crippen LogP contribution in [0.5, 0.6) is 0 Å². The molecule has 1 aromatic heterocycles. The zero-order valence-electron chi connectivity index (χ0n) is 18.4. The van der Waals surface area contributed by atoms with Crippen LogP contribution in [0.15, 0.2) is 48.5 Å². The maximum atomic E-state index is 13.4. The number of morpholine rings is 1.